The van der Waals surface area contributed by atoms with E-state index >= 15 is 0 Å². The van der Waals surface area contributed by atoms with E-state index in [9.17, 15) is 9.18 Å². The Hall–Kier alpha value is -2.36. The number of nitrogens with zero attached hydrogens (tertiary/aromatic N) is 3. The van der Waals surface area contributed by atoms with E-state index in [1.54, 1.807) is 19.2 Å². The highest BCUT2D eigenvalue weighted by molar-refractivity contribution is 14.0. The SMILES string of the molecule is CN=C(NCCC(=O)N1CCN(c2ccc(F)cc2)CC1)NC(C)c1ccccc1.I. The standard InChI is InChI=1S/C23H30FN5O.HI/c1-18(19-6-4-3-5-7-19)27-23(25-2)26-13-12-22(30)29-16-14-28(15-17-29)21-10-8-20(24)9-11-21;/h3-11,18H,12-17H2,1-2H3,(H2,25,26,27);1H. The van der Waals surface area contributed by atoms with Gasteiger partial charge in [-0.2, -0.15) is 0 Å². The Kier molecular flexibility index (Phi) is 10.0. The van der Waals surface area contributed by atoms with Crippen molar-refractivity contribution >= 4 is 41.5 Å². The number of guanidine groups is 1. The number of aliphatic imine (C=N–C) groups is 1. The summed E-state index contributed by atoms with van der Waals surface area (Å²) < 4.78 is 13.1. The molecule has 2 N–H and O–H groups in total. The molecule has 1 atom stereocenters. The van der Waals surface area contributed by atoms with Gasteiger partial charge < -0.3 is 20.4 Å². The van der Waals surface area contributed by atoms with Crippen molar-refractivity contribution < 1.29 is 9.18 Å². The summed E-state index contributed by atoms with van der Waals surface area (Å²) in [5.74, 6) is 0.579. The smallest absolute Gasteiger partial charge is 0.224 e. The fraction of sp³-hybridized carbons (Fsp3) is 0.391. The summed E-state index contributed by atoms with van der Waals surface area (Å²) in [6.45, 7) is 5.46. The molecular formula is C23H31FIN5O. The van der Waals surface area contributed by atoms with Crippen LogP contribution in [0.2, 0.25) is 0 Å². The Morgan fingerprint density at radius 2 is 1.71 bits per heavy atom. The van der Waals surface area contributed by atoms with E-state index in [1.165, 1.54) is 17.7 Å². The van der Waals surface area contributed by atoms with Crippen LogP contribution in [0.5, 0.6) is 0 Å². The van der Waals surface area contributed by atoms with Crippen LogP contribution in [-0.2, 0) is 4.79 Å². The molecule has 2 aromatic rings. The number of halogens is 2. The van der Waals surface area contributed by atoms with Gasteiger partial charge in [-0.1, -0.05) is 30.3 Å². The van der Waals surface area contributed by atoms with Crippen molar-refractivity contribution in [1.29, 1.82) is 0 Å². The summed E-state index contributed by atoms with van der Waals surface area (Å²) in [5.41, 5.74) is 2.17. The molecule has 1 saturated heterocycles. The predicted octanol–water partition coefficient (Wildman–Crippen LogP) is 3.41. The number of hydrogen-bond donors (Lipinski definition) is 2. The highest BCUT2D eigenvalue weighted by Crippen LogP contribution is 2.17. The van der Waals surface area contributed by atoms with Crippen molar-refractivity contribution in [2.45, 2.75) is 19.4 Å². The zero-order chi connectivity index (χ0) is 21.3. The minimum absolute atomic E-state index is 0. The molecule has 31 heavy (non-hydrogen) atoms. The number of rotatable bonds is 6. The monoisotopic (exact) mass is 539 g/mol. The molecule has 6 nitrogen and oxygen atoms in total. The van der Waals surface area contributed by atoms with Gasteiger partial charge in [-0.15, -0.1) is 24.0 Å². The van der Waals surface area contributed by atoms with Crippen LogP contribution in [0.4, 0.5) is 10.1 Å². The molecule has 0 bridgehead atoms. The minimum atomic E-state index is -0.234. The van der Waals surface area contributed by atoms with Gasteiger partial charge in [0.15, 0.2) is 5.96 Å². The second-order valence-corrected chi connectivity index (χ2v) is 7.37. The number of piperazine rings is 1. The summed E-state index contributed by atoms with van der Waals surface area (Å²) in [6, 6.07) is 16.8. The summed E-state index contributed by atoms with van der Waals surface area (Å²) in [6.07, 6.45) is 0.414. The molecule has 0 aromatic heterocycles. The predicted molar refractivity (Wildman–Crippen MR) is 135 cm³/mol. The third-order valence-corrected chi connectivity index (χ3v) is 5.33. The number of hydrogen-bond acceptors (Lipinski definition) is 3. The van der Waals surface area contributed by atoms with E-state index in [4.69, 9.17) is 0 Å². The molecule has 8 heteroatoms. The molecule has 3 rings (SSSR count). The van der Waals surface area contributed by atoms with E-state index in [-0.39, 0.29) is 41.7 Å². The molecule has 1 unspecified atom stereocenters. The first-order valence-electron chi connectivity index (χ1n) is 10.4. The molecule has 1 amide bonds. The third kappa shape index (κ3) is 7.37. The van der Waals surface area contributed by atoms with Gasteiger partial charge in [-0.05, 0) is 36.8 Å². The molecule has 0 radical (unpaired) electrons. The van der Waals surface area contributed by atoms with Gasteiger partial charge in [0, 0.05) is 51.9 Å². The number of carbonyl (C=O) groups excluding carboxylic acids is 1. The summed E-state index contributed by atoms with van der Waals surface area (Å²) in [5, 5.41) is 6.57. The summed E-state index contributed by atoms with van der Waals surface area (Å²) in [7, 11) is 1.73. The molecule has 1 aliphatic rings. The summed E-state index contributed by atoms with van der Waals surface area (Å²) >= 11 is 0. The lowest BCUT2D eigenvalue weighted by Gasteiger charge is -2.36. The number of amides is 1. The van der Waals surface area contributed by atoms with Crippen LogP contribution in [-0.4, -0.2) is 56.5 Å². The first-order valence-corrected chi connectivity index (χ1v) is 10.4. The Balaban J connectivity index is 0.00000341. The molecule has 2 aromatic carbocycles. The molecule has 1 fully saturated rings. The number of nitrogens with one attached hydrogen (secondary N) is 2. The first kappa shape index (κ1) is 24.9. The maximum absolute atomic E-state index is 13.1. The Bertz CT molecular complexity index is 839. The van der Waals surface area contributed by atoms with Crippen LogP contribution in [0.1, 0.15) is 24.9 Å². The van der Waals surface area contributed by atoms with Gasteiger partial charge in [-0.3, -0.25) is 9.79 Å². The summed E-state index contributed by atoms with van der Waals surface area (Å²) in [4.78, 5) is 20.9. The van der Waals surface area contributed by atoms with E-state index in [0.29, 0.717) is 32.0 Å². The van der Waals surface area contributed by atoms with Crippen molar-refractivity contribution in [3.05, 3.63) is 66.0 Å². The van der Waals surface area contributed by atoms with Crippen molar-refractivity contribution in [1.82, 2.24) is 15.5 Å². The van der Waals surface area contributed by atoms with Gasteiger partial charge in [-0.25, -0.2) is 4.39 Å². The maximum Gasteiger partial charge on any atom is 0.224 e. The Morgan fingerprint density at radius 1 is 1.06 bits per heavy atom. The Labute approximate surface area is 200 Å². The van der Waals surface area contributed by atoms with Crippen LogP contribution in [0.3, 0.4) is 0 Å². The van der Waals surface area contributed by atoms with E-state index in [2.05, 4.69) is 39.6 Å². The molecule has 1 aliphatic heterocycles. The van der Waals surface area contributed by atoms with E-state index in [1.807, 2.05) is 23.1 Å². The normalized spacial score (nSPS) is 15.1. The molecular weight excluding hydrogens is 508 g/mol. The van der Waals surface area contributed by atoms with Crippen molar-refractivity contribution in [3.8, 4) is 0 Å². The highest BCUT2D eigenvalue weighted by atomic mass is 127. The van der Waals surface area contributed by atoms with Gasteiger partial charge in [0.05, 0.1) is 6.04 Å². The average Bonchev–Trinajstić information content (AvgIpc) is 2.79. The van der Waals surface area contributed by atoms with Gasteiger partial charge in [0.1, 0.15) is 5.82 Å². The lowest BCUT2D eigenvalue weighted by atomic mass is 10.1. The maximum atomic E-state index is 13.1. The van der Waals surface area contributed by atoms with Crippen LogP contribution in [0, 0.1) is 5.82 Å². The lowest BCUT2D eigenvalue weighted by molar-refractivity contribution is -0.131. The Morgan fingerprint density at radius 3 is 2.32 bits per heavy atom. The van der Waals surface area contributed by atoms with E-state index in [0.717, 1.165) is 18.8 Å². The number of anilines is 1. The number of benzene rings is 2. The average molecular weight is 539 g/mol. The molecule has 0 aliphatic carbocycles. The zero-order valence-electron chi connectivity index (χ0n) is 18.1. The van der Waals surface area contributed by atoms with Crippen molar-refractivity contribution in [2.75, 3.05) is 44.7 Å². The fourth-order valence-electron chi connectivity index (χ4n) is 3.54. The van der Waals surface area contributed by atoms with Gasteiger partial charge in [0.25, 0.3) is 0 Å². The van der Waals surface area contributed by atoms with Crippen LogP contribution in [0.25, 0.3) is 0 Å². The van der Waals surface area contributed by atoms with Gasteiger partial charge in [0.2, 0.25) is 5.91 Å². The molecule has 0 spiro atoms. The van der Waals surface area contributed by atoms with Crippen LogP contribution >= 0.6 is 24.0 Å². The lowest BCUT2D eigenvalue weighted by Crippen LogP contribution is -2.49. The van der Waals surface area contributed by atoms with Crippen LogP contribution < -0.4 is 15.5 Å². The molecule has 168 valence electrons. The third-order valence-electron chi connectivity index (χ3n) is 5.33. The van der Waals surface area contributed by atoms with Crippen molar-refractivity contribution in [2.24, 2.45) is 4.99 Å². The first-order chi connectivity index (χ1) is 14.6. The number of carbonyl (C=O) groups is 1. The van der Waals surface area contributed by atoms with Gasteiger partial charge >= 0.3 is 0 Å². The zero-order valence-corrected chi connectivity index (χ0v) is 20.4. The minimum Gasteiger partial charge on any atom is -0.368 e. The molecule has 1 heterocycles. The molecule has 0 saturated carbocycles. The van der Waals surface area contributed by atoms with Crippen molar-refractivity contribution in [3.63, 3.8) is 0 Å². The largest absolute Gasteiger partial charge is 0.368 e. The fourth-order valence-corrected chi connectivity index (χ4v) is 3.54. The topological polar surface area (TPSA) is 60.0 Å². The second kappa shape index (κ2) is 12.5. The van der Waals surface area contributed by atoms with Crippen LogP contribution in [0.15, 0.2) is 59.6 Å². The quantitative estimate of drug-likeness (QED) is 0.336. The van der Waals surface area contributed by atoms with E-state index < -0.39 is 0 Å². The second-order valence-electron chi connectivity index (χ2n) is 7.37. The highest BCUT2D eigenvalue weighted by Gasteiger charge is 2.21.